The Labute approximate surface area is 138 Å². The second-order valence-corrected chi connectivity index (χ2v) is 6.77. The molecule has 6 heteroatoms. The SMILES string of the molecule is CC(C)CCn1cccc1CN1CCO[C@H](c2nncn2C)C1. The van der Waals surface area contributed by atoms with Gasteiger partial charge in [0, 0.05) is 45.1 Å². The summed E-state index contributed by atoms with van der Waals surface area (Å²) in [5.41, 5.74) is 1.38. The van der Waals surface area contributed by atoms with Crippen LogP contribution in [0.2, 0.25) is 0 Å². The summed E-state index contributed by atoms with van der Waals surface area (Å²) in [5.74, 6) is 1.64. The van der Waals surface area contributed by atoms with Crippen LogP contribution in [0.1, 0.15) is 37.9 Å². The fourth-order valence-corrected chi connectivity index (χ4v) is 3.02. The Kier molecular flexibility index (Phi) is 5.13. The molecule has 0 spiro atoms. The number of aromatic nitrogens is 4. The number of nitrogens with zero attached hydrogens (tertiary/aromatic N) is 5. The van der Waals surface area contributed by atoms with Gasteiger partial charge in [-0.3, -0.25) is 4.90 Å². The first-order valence-electron chi connectivity index (χ1n) is 8.45. The van der Waals surface area contributed by atoms with Crippen LogP contribution < -0.4 is 0 Å². The van der Waals surface area contributed by atoms with Crippen LogP contribution in [-0.2, 0) is 24.9 Å². The molecule has 1 aliphatic rings. The maximum Gasteiger partial charge on any atom is 0.163 e. The zero-order valence-electron chi connectivity index (χ0n) is 14.4. The van der Waals surface area contributed by atoms with Crippen LogP contribution in [0, 0.1) is 5.92 Å². The fraction of sp³-hybridized carbons (Fsp3) is 0.647. The molecule has 0 N–H and O–H groups in total. The summed E-state index contributed by atoms with van der Waals surface area (Å²) in [6.07, 6.45) is 5.15. The molecular formula is C17H27N5O. The second-order valence-electron chi connectivity index (χ2n) is 6.77. The highest BCUT2D eigenvalue weighted by atomic mass is 16.5. The Morgan fingerprint density at radius 3 is 3.00 bits per heavy atom. The minimum absolute atomic E-state index is 0.00956. The van der Waals surface area contributed by atoms with E-state index in [-0.39, 0.29) is 6.10 Å². The summed E-state index contributed by atoms with van der Waals surface area (Å²) >= 11 is 0. The van der Waals surface area contributed by atoms with Crippen molar-refractivity contribution >= 4 is 0 Å². The van der Waals surface area contributed by atoms with Crippen molar-refractivity contribution in [2.45, 2.75) is 39.5 Å². The van der Waals surface area contributed by atoms with Crippen molar-refractivity contribution in [2.75, 3.05) is 19.7 Å². The molecule has 1 saturated heterocycles. The summed E-state index contributed by atoms with van der Waals surface area (Å²) in [5, 5.41) is 8.16. The van der Waals surface area contributed by atoms with Crippen molar-refractivity contribution < 1.29 is 4.74 Å². The number of ether oxygens (including phenoxy) is 1. The van der Waals surface area contributed by atoms with Gasteiger partial charge in [0.2, 0.25) is 0 Å². The van der Waals surface area contributed by atoms with Crippen molar-refractivity contribution in [3.8, 4) is 0 Å². The van der Waals surface area contributed by atoms with Crippen LogP contribution >= 0.6 is 0 Å². The summed E-state index contributed by atoms with van der Waals surface area (Å²) in [7, 11) is 1.97. The Balaban J connectivity index is 1.62. The zero-order valence-corrected chi connectivity index (χ0v) is 14.4. The van der Waals surface area contributed by atoms with E-state index in [0.29, 0.717) is 0 Å². The highest BCUT2D eigenvalue weighted by Gasteiger charge is 2.25. The van der Waals surface area contributed by atoms with Gasteiger partial charge in [-0.25, -0.2) is 0 Å². The van der Waals surface area contributed by atoms with Gasteiger partial charge in [0.15, 0.2) is 5.82 Å². The molecule has 0 radical (unpaired) electrons. The van der Waals surface area contributed by atoms with Gasteiger partial charge >= 0.3 is 0 Å². The molecule has 0 unspecified atom stereocenters. The van der Waals surface area contributed by atoms with Crippen molar-refractivity contribution in [2.24, 2.45) is 13.0 Å². The molecule has 0 bridgehead atoms. The van der Waals surface area contributed by atoms with E-state index in [0.717, 1.165) is 44.5 Å². The molecule has 0 aliphatic carbocycles. The smallest absolute Gasteiger partial charge is 0.163 e. The monoisotopic (exact) mass is 317 g/mol. The zero-order chi connectivity index (χ0) is 16.2. The third-order valence-electron chi connectivity index (χ3n) is 4.44. The quantitative estimate of drug-likeness (QED) is 0.820. The van der Waals surface area contributed by atoms with Gasteiger partial charge in [0.1, 0.15) is 12.4 Å². The predicted molar refractivity (Wildman–Crippen MR) is 88.9 cm³/mol. The lowest BCUT2D eigenvalue weighted by Gasteiger charge is -2.32. The summed E-state index contributed by atoms with van der Waals surface area (Å²) in [6, 6.07) is 4.38. The molecule has 0 aromatic carbocycles. The Hall–Kier alpha value is -1.66. The number of hydrogen-bond acceptors (Lipinski definition) is 4. The van der Waals surface area contributed by atoms with Crippen molar-refractivity contribution in [3.05, 3.63) is 36.2 Å². The van der Waals surface area contributed by atoms with Crippen LogP contribution in [0.5, 0.6) is 0 Å². The standard InChI is InChI=1S/C17H27N5O/c1-14(2)6-8-22-7-4-5-15(22)11-21-9-10-23-16(12-21)17-19-18-13-20(17)3/h4-5,7,13-14,16H,6,8-12H2,1-3H3/t16-/m0/s1. The van der Waals surface area contributed by atoms with Crippen LogP contribution in [0.15, 0.2) is 24.7 Å². The topological polar surface area (TPSA) is 48.1 Å². The van der Waals surface area contributed by atoms with Gasteiger partial charge < -0.3 is 13.9 Å². The highest BCUT2D eigenvalue weighted by molar-refractivity contribution is 5.07. The van der Waals surface area contributed by atoms with E-state index in [9.17, 15) is 0 Å². The van der Waals surface area contributed by atoms with Gasteiger partial charge in [0.05, 0.1) is 6.61 Å². The van der Waals surface area contributed by atoms with Gasteiger partial charge in [0.25, 0.3) is 0 Å². The molecule has 1 fully saturated rings. The second kappa shape index (κ2) is 7.27. The van der Waals surface area contributed by atoms with Crippen LogP contribution in [0.4, 0.5) is 0 Å². The average molecular weight is 317 g/mol. The molecule has 23 heavy (non-hydrogen) atoms. The largest absolute Gasteiger partial charge is 0.368 e. The summed E-state index contributed by atoms with van der Waals surface area (Å²) in [6.45, 7) is 9.17. The fourth-order valence-electron chi connectivity index (χ4n) is 3.02. The van der Waals surface area contributed by atoms with E-state index < -0.39 is 0 Å². The lowest BCUT2D eigenvalue weighted by Crippen LogP contribution is -2.39. The number of aryl methyl sites for hydroxylation is 2. The number of rotatable bonds is 6. The van der Waals surface area contributed by atoms with Gasteiger partial charge in [-0.15, -0.1) is 10.2 Å². The molecule has 2 aromatic heterocycles. The highest BCUT2D eigenvalue weighted by Crippen LogP contribution is 2.21. The minimum atomic E-state index is 0.00956. The Bertz CT molecular complexity index is 618. The maximum atomic E-state index is 5.89. The van der Waals surface area contributed by atoms with E-state index in [1.54, 1.807) is 6.33 Å². The third-order valence-corrected chi connectivity index (χ3v) is 4.44. The summed E-state index contributed by atoms with van der Waals surface area (Å²) < 4.78 is 10.2. The predicted octanol–water partition coefficient (Wildman–Crippen LogP) is 2.24. The van der Waals surface area contributed by atoms with Crippen LogP contribution in [0.3, 0.4) is 0 Å². The van der Waals surface area contributed by atoms with Crippen molar-refractivity contribution in [3.63, 3.8) is 0 Å². The molecule has 126 valence electrons. The molecule has 0 amide bonds. The van der Waals surface area contributed by atoms with Crippen molar-refractivity contribution in [1.82, 2.24) is 24.2 Å². The van der Waals surface area contributed by atoms with E-state index in [2.05, 4.69) is 51.8 Å². The maximum absolute atomic E-state index is 5.89. The lowest BCUT2D eigenvalue weighted by atomic mass is 10.1. The molecule has 6 nitrogen and oxygen atoms in total. The first-order valence-corrected chi connectivity index (χ1v) is 8.45. The molecule has 1 atom stereocenters. The molecule has 2 aromatic rings. The molecular weight excluding hydrogens is 290 g/mol. The first-order chi connectivity index (χ1) is 11.1. The van der Waals surface area contributed by atoms with Gasteiger partial charge in [-0.05, 0) is 24.5 Å². The lowest BCUT2D eigenvalue weighted by molar-refractivity contribution is -0.0391. The first kappa shape index (κ1) is 16.2. The van der Waals surface area contributed by atoms with E-state index >= 15 is 0 Å². The number of hydrogen-bond donors (Lipinski definition) is 0. The number of morpholine rings is 1. The minimum Gasteiger partial charge on any atom is -0.368 e. The molecule has 3 rings (SSSR count). The summed E-state index contributed by atoms with van der Waals surface area (Å²) in [4.78, 5) is 2.45. The van der Waals surface area contributed by atoms with E-state index in [4.69, 9.17) is 4.74 Å². The molecule has 3 heterocycles. The normalized spacial score (nSPS) is 19.6. The molecule has 1 aliphatic heterocycles. The Morgan fingerprint density at radius 2 is 2.26 bits per heavy atom. The van der Waals surface area contributed by atoms with Crippen LogP contribution in [0.25, 0.3) is 0 Å². The van der Waals surface area contributed by atoms with Gasteiger partial charge in [-0.1, -0.05) is 13.8 Å². The van der Waals surface area contributed by atoms with Crippen molar-refractivity contribution in [1.29, 1.82) is 0 Å². The Morgan fingerprint density at radius 1 is 1.39 bits per heavy atom. The average Bonchev–Trinajstić information content (AvgIpc) is 3.14. The van der Waals surface area contributed by atoms with Crippen LogP contribution in [-0.4, -0.2) is 43.9 Å². The van der Waals surface area contributed by atoms with E-state index in [1.165, 1.54) is 12.1 Å². The van der Waals surface area contributed by atoms with E-state index in [1.807, 2.05) is 11.6 Å². The molecule has 0 saturated carbocycles. The third kappa shape index (κ3) is 4.00. The van der Waals surface area contributed by atoms with Gasteiger partial charge in [-0.2, -0.15) is 0 Å².